The Labute approximate surface area is 177 Å². The number of benzene rings is 2. The number of nitrogens with one attached hydrogen (secondary N) is 1. The lowest BCUT2D eigenvalue weighted by atomic mass is 10.2. The number of para-hydroxylation sites is 1. The van der Waals surface area contributed by atoms with E-state index in [0.29, 0.717) is 47.8 Å². The predicted molar refractivity (Wildman–Crippen MR) is 115 cm³/mol. The molecule has 1 aliphatic rings. The number of aromatic amines is 1. The molecule has 0 bridgehead atoms. The van der Waals surface area contributed by atoms with Gasteiger partial charge in [0.15, 0.2) is 0 Å². The molecule has 29 heavy (non-hydrogen) atoms. The summed E-state index contributed by atoms with van der Waals surface area (Å²) in [5.41, 5.74) is 0.503. The van der Waals surface area contributed by atoms with E-state index in [4.69, 9.17) is 0 Å². The van der Waals surface area contributed by atoms with Gasteiger partial charge in [-0.25, -0.2) is 13.4 Å². The highest BCUT2D eigenvalue weighted by Gasteiger charge is 2.31. The molecule has 1 fully saturated rings. The Hall–Kier alpha value is -2.07. The molecular weight excluding hydrogens is 456 g/mol. The lowest BCUT2D eigenvalue weighted by Crippen LogP contribution is -2.49. The summed E-state index contributed by atoms with van der Waals surface area (Å²) in [6, 6.07) is 13.8. The number of nitrogens with zero attached hydrogens (tertiary/aromatic N) is 3. The van der Waals surface area contributed by atoms with E-state index < -0.39 is 10.0 Å². The van der Waals surface area contributed by atoms with Crippen LogP contribution in [-0.4, -0.2) is 53.8 Å². The number of piperazine rings is 1. The summed E-state index contributed by atoms with van der Waals surface area (Å²) in [6.07, 6.45) is 0. The largest absolute Gasteiger partial charge is 0.309 e. The van der Waals surface area contributed by atoms with Crippen molar-refractivity contribution in [2.24, 2.45) is 0 Å². The van der Waals surface area contributed by atoms with Crippen molar-refractivity contribution in [3.05, 3.63) is 69.2 Å². The highest BCUT2D eigenvalue weighted by Crippen LogP contribution is 2.23. The fraction of sp³-hybridized carbons (Fsp3) is 0.300. The van der Waals surface area contributed by atoms with E-state index in [1.165, 1.54) is 4.31 Å². The van der Waals surface area contributed by atoms with Crippen LogP contribution in [0.3, 0.4) is 0 Å². The minimum atomic E-state index is -3.52. The standard InChI is InChI=1S/C20H21BrN4O3S/c1-14(19-22-18-5-3-2-4-17(18)20(26)23-19)24-10-12-25(13-11-24)29(27,28)16-8-6-15(21)7-9-16/h2-9,14H,10-13H2,1H3,(H,22,23,26). The number of sulfonamides is 1. The summed E-state index contributed by atoms with van der Waals surface area (Å²) in [6.45, 7) is 3.88. The maximum atomic E-state index is 12.9. The van der Waals surface area contributed by atoms with Gasteiger partial charge in [-0.05, 0) is 43.3 Å². The maximum Gasteiger partial charge on any atom is 0.258 e. The molecule has 152 valence electrons. The van der Waals surface area contributed by atoms with Gasteiger partial charge in [0, 0.05) is 30.7 Å². The summed E-state index contributed by atoms with van der Waals surface area (Å²) in [4.78, 5) is 22.3. The quantitative estimate of drug-likeness (QED) is 0.625. The first-order valence-electron chi connectivity index (χ1n) is 9.35. The zero-order valence-corrected chi connectivity index (χ0v) is 18.3. The molecule has 0 aliphatic carbocycles. The van der Waals surface area contributed by atoms with Crippen molar-refractivity contribution in [1.29, 1.82) is 0 Å². The first kappa shape index (κ1) is 20.2. The second-order valence-corrected chi connectivity index (χ2v) is 9.89. The van der Waals surface area contributed by atoms with Crippen LogP contribution in [0, 0.1) is 0 Å². The van der Waals surface area contributed by atoms with Crippen LogP contribution in [0.1, 0.15) is 18.8 Å². The zero-order valence-electron chi connectivity index (χ0n) is 15.9. The van der Waals surface area contributed by atoms with Gasteiger partial charge in [0.2, 0.25) is 10.0 Å². The summed E-state index contributed by atoms with van der Waals surface area (Å²) >= 11 is 3.33. The Morgan fingerprint density at radius 3 is 2.38 bits per heavy atom. The minimum absolute atomic E-state index is 0.121. The second-order valence-electron chi connectivity index (χ2n) is 7.04. The van der Waals surface area contributed by atoms with Gasteiger partial charge in [-0.1, -0.05) is 28.1 Å². The number of fused-ring (bicyclic) bond motifs is 1. The lowest BCUT2D eigenvalue weighted by molar-refractivity contribution is 0.141. The zero-order chi connectivity index (χ0) is 20.6. The SMILES string of the molecule is CC(c1nc2ccccc2c(=O)[nH]1)N1CCN(S(=O)(=O)c2ccc(Br)cc2)CC1. The van der Waals surface area contributed by atoms with Gasteiger partial charge < -0.3 is 4.98 Å². The Balaban J connectivity index is 1.49. The van der Waals surface area contributed by atoms with E-state index in [9.17, 15) is 13.2 Å². The molecule has 0 radical (unpaired) electrons. The molecule has 1 unspecified atom stereocenters. The van der Waals surface area contributed by atoms with Crippen molar-refractivity contribution in [1.82, 2.24) is 19.2 Å². The second kappa shape index (κ2) is 7.98. The molecule has 4 rings (SSSR count). The van der Waals surface area contributed by atoms with Crippen molar-refractivity contribution in [2.45, 2.75) is 17.9 Å². The fourth-order valence-corrected chi connectivity index (χ4v) is 5.25. The molecule has 1 saturated heterocycles. The molecule has 0 amide bonds. The molecule has 1 aromatic heterocycles. The molecule has 3 aromatic rings. The predicted octanol–water partition coefficient (Wildman–Crippen LogP) is 2.75. The van der Waals surface area contributed by atoms with Crippen LogP contribution < -0.4 is 5.56 Å². The number of hydrogen-bond donors (Lipinski definition) is 1. The van der Waals surface area contributed by atoms with E-state index >= 15 is 0 Å². The Bertz CT molecular complexity index is 1190. The van der Waals surface area contributed by atoms with E-state index in [-0.39, 0.29) is 11.6 Å². The maximum absolute atomic E-state index is 12.9. The third kappa shape index (κ3) is 4.00. The summed E-state index contributed by atoms with van der Waals surface area (Å²) < 4.78 is 28.1. The number of halogens is 1. The Kier molecular flexibility index (Phi) is 5.56. The monoisotopic (exact) mass is 476 g/mol. The number of H-pyrrole nitrogens is 1. The van der Waals surface area contributed by atoms with Gasteiger partial charge in [-0.3, -0.25) is 9.69 Å². The van der Waals surface area contributed by atoms with Crippen LogP contribution in [0.2, 0.25) is 0 Å². The van der Waals surface area contributed by atoms with Gasteiger partial charge in [-0.2, -0.15) is 4.31 Å². The van der Waals surface area contributed by atoms with Crippen molar-refractivity contribution < 1.29 is 8.42 Å². The molecule has 1 atom stereocenters. The number of rotatable bonds is 4. The van der Waals surface area contributed by atoms with Crippen LogP contribution in [0.25, 0.3) is 10.9 Å². The van der Waals surface area contributed by atoms with Gasteiger partial charge >= 0.3 is 0 Å². The average molecular weight is 477 g/mol. The molecule has 2 aromatic carbocycles. The van der Waals surface area contributed by atoms with Crippen LogP contribution >= 0.6 is 15.9 Å². The van der Waals surface area contributed by atoms with E-state index in [0.717, 1.165) is 4.47 Å². The van der Waals surface area contributed by atoms with Crippen LogP contribution in [0.4, 0.5) is 0 Å². The summed E-state index contributed by atoms with van der Waals surface area (Å²) in [5.74, 6) is 0.595. The van der Waals surface area contributed by atoms with Gasteiger partial charge in [0.05, 0.1) is 21.8 Å². The molecule has 0 saturated carbocycles. The van der Waals surface area contributed by atoms with Crippen molar-refractivity contribution in [3.8, 4) is 0 Å². The summed E-state index contributed by atoms with van der Waals surface area (Å²) in [5, 5.41) is 0.564. The molecule has 1 aliphatic heterocycles. The van der Waals surface area contributed by atoms with Crippen molar-refractivity contribution >= 4 is 36.9 Å². The molecule has 7 nitrogen and oxygen atoms in total. The van der Waals surface area contributed by atoms with Crippen LogP contribution in [0.5, 0.6) is 0 Å². The highest BCUT2D eigenvalue weighted by molar-refractivity contribution is 9.10. The van der Waals surface area contributed by atoms with E-state index in [2.05, 4.69) is 30.8 Å². The topological polar surface area (TPSA) is 86.4 Å². The Morgan fingerprint density at radius 1 is 1.03 bits per heavy atom. The summed E-state index contributed by atoms with van der Waals surface area (Å²) in [7, 11) is -3.52. The molecular formula is C20H21BrN4O3S. The van der Waals surface area contributed by atoms with Gasteiger partial charge in [0.25, 0.3) is 5.56 Å². The van der Waals surface area contributed by atoms with E-state index in [1.54, 1.807) is 30.3 Å². The lowest BCUT2D eigenvalue weighted by Gasteiger charge is -2.37. The van der Waals surface area contributed by atoms with Gasteiger partial charge in [0.1, 0.15) is 5.82 Å². The van der Waals surface area contributed by atoms with Crippen LogP contribution in [0.15, 0.2) is 62.7 Å². The number of aromatic nitrogens is 2. The third-order valence-electron chi connectivity index (χ3n) is 5.30. The van der Waals surface area contributed by atoms with Crippen molar-refractivity contribution in [3.63, 3.8) is 0 Å². The third-order valence-corrected chi connectivity index (χ3v) is 7.74. The fourth-order valence-electron chi connectivity index (χ4n) is 3.56. The van der Waals surface area contributed by atoms with E-state index in [1.807, 2.05) is 25.1 Å². The number of hydrogen-bond acceptors (Lipinski definition) is 5. The first-order chi connectivity index (χ1) is 13.9. The average Bonchev–Trinajstić information content (AvgIpc) is 2.73. The molecule has 1 N–H and O–H groups in total. The highest BCUT2D eigenvalue weighted by atomic mass is 79.9. The minimum Gasteiger partial charge on any atom is -0.309 e. The van der Waals surface area contributed by atoms with Crippen molar-refractivity contribution in [2.75, 3.05) is 26.2 Å². The van der Waals surface area contributed by atoms with Gasteiger partial charge in [-0.15, -0.1) is 0 Å². The molecule has 9 heteroatoms. The first-order valence-corrected chi connectivity index (χ1v) is 11.6. The molecule has 0 spiro atoms. The smallest absolute Gasteiger partial charge is 0.258 e. The Morgan fingerprint density at radius 2 is 1.69 bits per heavy atom. The normalized spacial score (nSPS) is 17.4. The van der Waals surface area contributed by atoms with Crippen LogP contribution in [-0.2, 0) is 10.0 Å². The molecule has 2 heterocycles.